The van der Waals surface area contributed by atoms with Gasteiger partial charge in [0.1, 0.15) is 0 Å². The molecule has 188 valence electrons. The molecule has 0 aliphatic carbocycles. The molecule has 0 saturated carbocycles. The van der Waals surface area contributed by atoms with E-state index in [0.717, 1.165) is 12.1 Å². The standard InChI is InChI=1S/C27H27Cl2N3O3S/c1-4-32(3)16-19-7-6-18(12-21(19)15-30)26-23(28)13-20(14-24(26)29)25(27(31)33)17-8-10-22(11-9-17)36(34,35)5-2/h6-14,25H,4-5,16H2,1-3H3,(H2,31,33). The zero-order valence-electron chi connectivity index (χ0n) is 20.3. The largest absolute Gasteiger partial charge is 0.369 e. The first kappa shape index (κ1) is 27.7. The number of rotatable bonds is 9. The molecule has 1 amide bonds. The van der Waals surface area contributed by atoms with E-state index in [9.17, 15) is 18.5 Å². The summed E-state index contributed by atoms with van der Waals surface area (Å²) in [6.45, 7) is 5.10. The van der Waals surface area contributed by atoms with Crippen LogP contribution in [0.25, 0.3) is 11.1 Å². The van der Waals surface area contributed by atoms with Crippen molar-refractivity contribution < 1.29 is 13.2 Å². The number of sulfone groups is 1. The molecule has 1 atom stereocenters. The van der Waals surface area contributed by atoms with Crippen molar-refractivity contribution in [2.24, 2.45) is 5.73 Å². The number of amides is 1. The fourth-order valence-electron chi connectivity index (χ4n) is 3.97. The molecular weight excluding hydrogens is 517 g/mol. The first-order chi connectivity index (χ1) is 17.0. The van der Waals surface area contributed by atoms with E-state index in [-0.39, 0.29) is 10.6 Å². The van der Waals surface area contributed by atoms with Gasteiger partial charge < -0.3 is 10.6 Å². The lowest BCUT2D eigenvalue weighted by Gasteiger charge is -2.19. The second kappa shape index (κ2) is 11.4. The maximum atomic E-state index is 12.4. The van der Waals surface area contributed by atoms with E-state index in [1.807, 2.05) is 26.1 Å². The maximum Gasteiger partial charge on any atom is 0.229 e. The summed E-state index contributed by atoms with van der Waals surface area (Å²) in [4.78, 5) is 14.7. The number of nitrogens with zero attached hydrogens (tertiary/aromatic N) is 2. The van der Waals surface area contributed by atoms with Crippen molar-refractivity contribution in [3.8, 4) is 17.2 Å². The molecule has 0 fully saturated rings. The van der Waals surface area contributed by atoms with Crippen LogP contribution >= 0.6 is 23.2 Å². The average Bonchev–Trinajstić information content (AvgIpc) is 2.84. The molecule has 0 heterocycles. The van der Waals surface area contributed by atoms with Crippen molar-refractivity contribution in [3.63, 3.8) is 0 Å². The van der Waals surface area contributed by atoms with Gasteiger partial charge >= 0.3 is 0 Å². The van der Waals surface area contributed by atoms with Crippen LogP contribution in [0.3, 0.4) is 0 Å². The molecule has 2 N–H and O–H groups in total. The summed E-state index contributed by atoms with van der Waals surface area (Å²) in [5.74, 6) is -1.53. The summed E-state index contributed by atoms with van der Waals surface area (Å²) in [6.07, 6.45) is 0. The van der Waals surface area contributed by atoms with Crippen LogP contribution in [0, 0.1) is 11.3 Å². The first-order valence-electron chi connectivity index (χ1n) is 11.3. The third-order valence-corrected chi connectivity index (χ3v) is 8.48. The molecule has 1 unspecified atom stereocenters. The Morgan fingerprint density at radius 2 is 1.64 bits per heavy atom. The Morgan fingerprint density at radius 3 is 2.14 bits per heavy atom. The van der Waals surface area contributed by atoms with E-state index in [2.05, 4.69) is 11.0 Å². The topological polar surface area (TPSA) is 104 Å². The van der Waals surface area contributed by atoms with Gasteiger partial charge in [-0.15, -0.1) is 0 Å². The van der Waals surface area contributed by atoms with Crippen molar-refractivity contribution in [1.82, 2.24) is 4.90 Å². The second-order valence-electron chi connectivity index (χ2n) is 8.48. The quantitative estimate of drug-likeness (QED) is 0.389. The van der Waals surface area contributed by atoms with Crippen molar-refractivity contribution in [1.29, 1.82) is 5.26 Å². The summed E-state index contributed by atoms with van der Waals surface area (Å²) >= 11 is 13.3. The van der Waals surface area contributed by atoms with Crippen LogP contribution in [0.5, 0.6) is 0 Å². The molecule has 0 radical (unpaired) electrons. The third kappa shape index (κ3) is 5.91. The molecule has 6 nitrogen and oxygen atoms in total. The minimum Gasteiger partial charge on any atom is -0.369 e. The Hall–Kier alpha value is -2.89. The Balaban J connectivity index is 2.03. The first-order valence-corrected chi connectivity index (χ1v) is 13.8. The van der Waals surface area contributed by atoms with Gasteiger partial charge in [-0.1, -0.05) is 61.3 Å². The van der Waals surface area contributed by atoms with E-state index in [4.69, 9.17) is 28.9 Å². The predicted octanol–water partition coefficient (Wildman–Crippen LogP) is 5.39. The zero-order valence-corrected chi connectivity index (χ0v) is 22.6. The number of nitrogens with two attached hydrogens (primary N) is 1. The predicted molar refractivity (Wildman–Crippen MR) is 144 cm³/mol. The smallest absolute Gasteiger partial charge is 0.229 e. The number of halogens is 2. The fourth-order valence-corrected chi connectivity index (χ4v) is 5.57. The number of hydrogen-bond acceptors (Lipinski definition) is 5. The van der Waals surface area contributed by atoms with Crippen molar-refractivity contribution in [3.05, 3.63) is 86.9 Å². The molecule has 3 rings (SSSR count). The van der Waals surface area contributed by atoms with Gasteiger partial charge in [0.2, 0.25) is 5.91 Å². The molecule has 0 spiro atoms. The van der Waals surface area contributed by atoms with Crippen LogP contribution < -0.4 is 5.73 Å². The monoisotopic (exact) mass is 543 g/mol. The minimum absolute atomic E-state index is 0.0257. The molecular formula is C27H27Cl2N3O3S. The number of carbonyl (C=O) groups is 1. The molecule has 0 aliphatic heterocycles. The normalized spacial score (nSPS) is 12.4. The molecule has 9 heteroatoms. The summed E-state index contributed by atoms with van der Waals surface area (Å²) in [7, 11) is -1.40. The lowest BCUT2D eigenvalue weighted by Crippen LogP contribution is -2.22. The zero-order chi connectivity index (χ0) is 26.6. The molecule has 0 aromatic heterocycles. The van der Waals surface area contributed by atoms with Crippen LogP contribution in [0.15, 0.2) is 59.5 Å². The van der Waals surface area contributed by atoms with Gasteiger partial charge in [0.15, 0.2) is 9.84 Å². The van der Waals surface area contributed by atoms with E-state index in [0.29, 0.717) is 44.4 Å². The lowest BCUT2D eigenvalue weighted by atomic mass is 9.89. The fraction of sp³-hybridized carbons (Fsp3) is 0.259. The van der Waals surface area contributed by atoms with Gasteiger partial charge in [-0.25, -0.2) is 8.42 Å². The Labute approximate surface area is 222 Å². The highest BCUT2D eigenvalue weighted by Gasteiger charge is 2.24. The molecule has 0 saturated heterocycles. The van der Waals surface area contributed by atoms with Crippen molar-refractivity contribution in [2.45, 2.75) is 31.2 Å². The number of benzene rings is 3. The van der Waals surface area contributed by atoms with Crippen LogP contribution in [0.4, 0.5) is 0 Å². The van der Waals surface area contributed by atoms with E-state index < -0.39 is 21.7 Å². The van der Waals surface area contributed by atoms with Gasteiger partial charge in [0.25, 0.3) is 0 Å². The molecule has 36 heavy (non-hydrogen) atoms. The van der Waals surface area contributed by atoms with E-state index >= 15 is 0 Å². The van der Waals surface area contributed by atoms with Gasteiger partial charge in [0, 0.05) is 12.1 Å². The lowest BCUT2D eigenvalue weighted by molar-refractivity contribution is -0.118. The second-order valence-corrected chi connectivity index (χ2v) is 11.6. The SMILES string of the molecule is CCN(C)Cc1ccc(-c2c(Cl)cc(C(C(N)=O)c3ccc(S(=O)(=O)CC)cc3)cc2Cl)cc1C#N. The van der Waals surface area contributed by atoms with Crippen LogP contribution in [-0.2, 0) is 21.2 Å². The Kier molecular flexibility index (Phi) is 8.80. The molecule has 3 aromatic rings. The highest BCUT2D eigenvalue weighted by Crippen LogP contribution is 2.39. The number of nitriles is 1. The maximum absolute atomic E-state index is 12.4. The van der Waals surface area contributed by atoms with Gasteiger partial charge in [0.05, 0.1) is 38.2 Å². The minimum atomic E-state index is -3.38. The number of carbonyl (C=O) groups excluding carboxylic acids is 1. The average molecular weight is 545 g/mol. The highest BCUT2D eigenvalue weighted by molar-refractivity contribution is 7.91. The Morgan fingerprint density at radius 1 is 1.03 bits per heavy atom. The summed E-state index contributed by atoms with van der Waals surface area (Å²) in [5, 5.41) is 10.3. The van der Waals surface area contributed by atoms with Crippen molar-refractivity contribution in [2.75, 3.05) is 19.3 Å². The molecule has 0 bridgehead atoms. The van der Waals surface area contributed by atoms with Crippen LogP contribution in [0.2, 0.25) is 10.0 Å². The molecule has 3 aromatic carbocycles. The number of primary amides is 1. The van der Waals surface area contributed by atoms with E-state index in [1.165, 1.54) is 12.1 Å². The van der Waals surface area contributed by atoms with E-state index in [1.54, 1.807) is 37.3 Å². The summed E-state index contributed by atoms with van der Waals surface area (Å²) in [5.41, 5.74) is 9.38. The van der Waals surface area contributed by atoms with Gasteiger partial charge in [-0.2, -0.15) is 5.26 Å². The molecule has 0 aliphatic rings. The van der Waals surface area contributed by atoms with Crippen LogP contribution in [-0.4, -0.2) is 38.6 Å². The highest BCUT2D eigenvalue weighted by atomic mass is 35.5. The van der Waals surface area contributed by atoms with Crippen LogP contribution in [0.1, 0.15) is 42.0 Å². The third-order valence-electron chi connectivity index (χ3n) is 6.13. The van der Waals surface area contributed by atoms with Gasteiger partial charge in [-0.3, -0.25) is 4.79 Å². The van der Waals surface area contributed by atoms with Crippen molar-refractivity contribution >= 4 is 38.9 Å². The Bertz CT molecular complexity index is 1410. The summed E-state index contributed by atoms with van der Waals surface area (Å²) in [6, 6.07) is 17.1. The number of hydrogen-bond donors (Lipinski definition) is 1. The summed E-state index contributed by atoms with van der Waals surface area (Å²) < 4.78 is 24.3. The van der Waals surface area contributed by atoms with Gasteiger partial charge in [-0.05, 0) is 66.2 Å².